The average Bonchev–Trinajstić information content (AvgIpc) is 3.16. The summed E-state index contributed by atoms with van der Waals surface area (Å²) in [6.07, 6.45) is 0. The van der Waals surface area contributed by atoms with Gasteiger partial charge >= 0.3 is 0 Å². The minimum absolute atomic E-state index is 0.296. The summed E-state index contributed by atoms with van der Waals surface area (Å²) in [5, 5.41) is 4.66. The van der Waals surface area contributed by atoms with Crippen molar-refractivity contribution in [1.29, 1.82) is 0 Å². The normalized spacial score (nSPS) is 12.2. The number of benzene rings is 3. The highest BCUT2D eigenvalue weighted by atomic mass is 35.5. The highest BCUT2D eigenvalue weighted by molar-refractivity contribution is 6.35. The van der Waals surface area contributed by atoms with Gasteiger partial charge in [-0.15, -0.1) is 0 Å². The van der Waals surface area contributed by atoms with Gasteiger partial charge in [-0.25, -0.2) is 0 Å². The van der Waals surface area contributed by atoms with E-state index in [4.69, 9.17) is 37.4 Å². The fraction of sp³-hybridized carbons (Fsp3) is 0.182. The molecule has 0 saturated carbocycles. The Morgan fingerprint density at radius 3 is 2.39 bits per heavy atom. The smallest absolute Gasteiger partial charge is 0.231 e. The zero-order chi connectivity index (χ0) is 19.3. The van der Waals surface area contributed by atoms with Crippen LogP contribution in [0.1, 0.15) is 16.7 Å². The molecule has 1 aliphatic rings. The molecule has 0 aromatic heterocycles. The molecule has 28 heavy (non-hydrogen) atoms. The Morgan fingerprint density at radius 1 is 0.821 bits per heavy atom. The molecule has 6 heteroatoms. The third-order valence-electron chi connectivity index (χ3n) is 4.43. The first kappa shape index (κ1) is 18.9. The summed E-state index contributed by atoms with van der Waals surface area (Å²) in [6, 6.07) is 19.4. The van der Waals surface area contributed by atoms with E-state index in [9.17, 15) is 0 Å². The van der Waals surface area contributed by atoms with E-state index in [1.807, 2.05) is 48.5 Å². The molecule has 0 unspecified atom stereocenters. The Morgan fingerprint density at radius 2 is 1.57 bits per heavy atom. The monoisotopic (exact) mass is 415 g/mol. The summed E-state index contributed by atoms with van der Waals surface area (Å²) in [5.41, 5.74) is 3.24. The number of hydrogen-bond donors (Lipinski definition) is 1. The Bertz CT molecular complexity index is 960. The maximum Gasteiger partial charge on any atom is 0.231 e. The van der Waals surface area contributed by atoms with E-state index >= 15 is 0 Å². The molecule has 1 heterocycles. The maximum absolute atomic E-state index is 6.17. The van der Waals surface area contributed by atoms with Crippen molar-refractivity contribution in [1.82, 2.24) is 5.32 Å². The van der Waals surface area contributed by atoms with Gasteiger partial charge in [-0.3, -0.25) is 0 Å². The quantitative estimate of drug-likeness (QED) is 0.545. The van der Waals surface area contributed by atoms with Crippen molar-refractivity contribution in [3.8, 4) is 17.2 Å². The lowest BCUT2D eigenvalue weighted by Crippen LogP contribution is -2.12. The number of hydrogen-bond acceptors (Lipinski definition) is 4. The lowest BCUT2D eigenvalue weighted by Gasteiger charge is -2.10. The van der Waals surface area contributed by atoms with Crippen LogP contribution in [0.25, 0.3) is 0 Å². The summed E-state index contributed by atoms with van der Waals surface area (Å²) in [4.78, 5) is 0. The molecule has 0 saturated heterocycles. The van der Waals surface area contributed by atoms with Crippen LogP contribution in [0.5, 0.6) is 17.2 Å². The fourth-order valence-electron chi connectivity index (χ4n) is 2.91. The Labute approximate surface area is 173 Å². The van der Waals surface area contributed by atoms with Crippen LogP contribution in [-0.2, 0) is 19.7 Å². The van der Waals surface area contributed by atoms with E-state index in [-0.39, 0.29) is 0 Å². The standard InChI is InChI=1S/C22H19Cl2NO3/c23-18-5-4-17(20(24)10-18)13-26-19-6-1-15(2-7-19)11-25-12-16-3-8-21-22(9-16)28-14-27-21/h1-10,25H,11-14H2. The van der Waals surface area contributed by atoms with Crippen LogP contribution in [0.4, 0.5) is 0 Å². The molecular formula is C22H19Cl2NO3. The van der Waals surface area contributed by atoms with Crippen LogP contribution in [-0.4, -0.2) is 6.79 Å². The van der Waals surface area contributed by atoms with Gasteiger partial charge in [0.25, 0.3) is 0 Å². The molecular weight excluding hydrogens is 397 g/mol. The first-order valence-electron chi connectivity index (χ1n) is 8.92. The van der Waals surface area contributed by atoms with E-state index in [0.29, 0.717) is 23.4 Å². The third-order valence-corrected chi connectivity index (χ3v) is 5.01. The SMILES string of the molecule is Clc1ccc(COc2ccc(CNCc3ccc4c(c3)OCO4)cc2)c(Cl)c1. The lowest BCUT2D eigenvalue weighted by atomic mass is 10.2. The van der Waals surface area contributed by atoms with E-state index in [1.165, 1.54) is 5.56 Å². The molecule has 0 bridgehead atoms. The summed E-state index contributed by atoms with van der Waals surface area (Å²) < 4.78 is 16.5. The molecule has 0 aliphatic carbocycles. The van der Waals surface area contributed by atoms with Gasteiger partial charge in [-0.05, 0) is 47.5 Å². The van der Waals surface area contributed by atoms with Crippen LogP contribution in [0.2, 0.25) is 10.0 Å². The van der Waals surface area contributed by atoms with Crippen molar-refractivity contribution in [3.63, 3.8) is 0 Å². The number of rotatable bonds is 7. The van der Waals surface area contributed by atoms with Gasteiger partial charge in [0.2, 0.25) is 6.79 Å². The lowest BCUT2D eigenvalue weighted by molar-refractivity contribution is 0.174. The summed E-state index contributed by atoms with van der Waals surface area (Å²) >= 11 is 12.1. The van der Waals surface area contributed by atoms with Crippen LogP contribution in [0.15, 0.2) is 60.7 Å². The van der Waals surface area contributed by atoms with Crippen LogP contribution >= 0.6 is 23.2 Å². The van der Waals surface area contributed by atoms with Crippen molar-refractivity contribution >= 4 is 23.2 Å². The van der Waals surface area contributed by atoms with Gasteiger partial charge in [0.05, 0.1) is 0 Å². The maximum atomic E-state index is 6.17. The molecule has 3 aromatic rings. The Kier molecular flexibility index (Phi) is 5.91. The van der Waals surface area contributed by atoms with Crippen molar-refractivity contribution in [2.24, 2.45) is 0 Å². The Balaban J connectivity index is 1.26. The molecule has 4 rings (SSSR count). The van der Waals surface area contributed by atoms with E-state index in [1.54, 1.807) is 12.1 Å². The van der Waals surface area contributed by atoms with Crippen LogP contribution < -0.4 is 19.5 Å². The zero-order valence-corrected chi connectivity index (χ0v) is 16.6. The summed E-state index contributed by atoms with van der Waals surface area (Å²) in [5.74, 6) is 2.41. The second-order valence-electron chi connectivity index (χ2n) is 6.46. The molecule has 144 valence electrons. The highest BCUT2D eigenvalue weighted by Gasteiger charge is 2.12. The average molecular weight is 416 g/mol. The van der Waals surface area contributed by atoms with Gasteiger partial charge < -0.3 is 19.5 Å². The molecule has 3 aromatic carbocycles. The molecule has 1 aliphatic heterocycles. The van der Waals surface area contributed by atoms with Crippen LogP contribution in [0.3, 0.4) is 0 Å². The molecule has 1 N–H and O–H groups in total. The highest BCUT2D eigenvalue weighted by Crippen LogP contribution is 2.32. The molecule has 0 fully saturated rings. The van der Waals surface area contributed by atoms with Gasteiger partial charge in [0.15, 0.2) is 11.5 Å². The van der Waals surface area contributed by atoms with E-state index in [0.717, 1.165) is 41.5 Å². The van der Waals surface area contributed by atoms with Gasteiger partial charge in [0.1, 0.15) is 12.4 Å². The number of nitrogens with one attached hydrogen (secondary N) is 1. The summed E-state index contributed by atoms with van der Waals surface area (Å²) in [7, 11) is 0. The number of fused-ring (bicyclic) bond motifs is 1. The molecule has 0 radical (unpaired) electrons. The Hall–Kier alpha value is -2.40. The van der Waals surface area contributed by atoms with Crippen molar-refractivity contribution < 1.29 is 14.2 Å². The van der Waals surface area contributed by atoms with Crippen molar-refractivity contribution in [2.75, 3.05) is 6.79 Å². The predicted molar refractivity (Wildman–Crippen MR) is 110 cm³/mol. The zero-order valence-electron chi connectivity index (χ0n) is 15.1. The first-order valence-corrected chi connectivity index (χ1v) is 9.68. The third kappa shape index (κ3) is 4.71. The minimum atomic E-state index is 0.296. The molecule has 0 amide bonds. The van der Waals surface area contributed by atoms with Gasteiger partial charge in [0, 0.05) is 28.7 Å². The van der Waals surface area contributed by atoms with Gasteiger partial charge in [-0.2, -0.15) is 0 Å². The fourth-order valence-corrected chi connectivity index (χ4v) is 3.37. The summed E-state index contributed by atoms with van der Waals surface area (Å²) in [6.45, 7) is 2.21. The van der Waals surface area contributed by atoms with E-state index in [2.05, 4.69) is 5.32 Å². The van der Waals surface area contributed by atoms with Crippen molar-refractivity contribution in [3.05, 3.63) is 87.4 Å². The van der Waals surface area contributed by atoms with Gasteiger partial charge in [-0.1, -0.05) is 47.5 Å². The topological polar surface area (TPSA) is 39.7 Å². The molecule has 0 atom stereocenters. The van der Waals surface area contributed by atoms with Crippen molar-refractivity contribution in [2.45, 2.75) is 19.7 Å². The largest absolute Gasteiger partial charge is 0.489 e. The van der Waals surface area contributed by atoms with E-state index < -0.39 is 0 Å². The molecule has 0 spiro atoms. The second kappa shape index (κ2) is 8.74. The minimum Gasteiger partial charge on any atom is -0.489 e. The first-order chi connectivity index (χ1) is 13.7. The van der Waals surface area contributed by atoms with Crippen LogP contribution in [0, 0.1) is 0 Å². The number of ether oxygens (including phenoxy) is 3. The molecule has 4 nitrogen and oxygen atoms in total. The second-order valence-corrected chi connectivity index (χ2v) is 7.30. The predicted octanol–water partition coefficient (Wildman–Crippen LogP) is 5.59. The number of halogens is 2.